The largest absolute Gasteiger partial charge is 0.508 e. The number of phenolic OH excluding ortho intramolecular Hbond substituents is 1. The van der Waals surface area contributed by atoms with Crippen molar-refractivity contribution in [2.75, 3.05) is 14.2 Å². The van der Waals surface area contributed by atoms with E-state index >= 15 is 0 Å². The Bertz CT molecular complexity index is 1320. The molecule has 1 aliphatic heterocycles. The Hall–Kier alpha value is -3.78. The van der Waals surface area contributed by atoms with Crippen LogP contribution in [0.3, 0.4) is 0 Å². The van der Waals surface area contributed by atoms with Crippen LogP contribution >= 0.6 is 11.3 Å². The summed E-state index contributed by atoms with van der Waals surface area (Å²) in [6.45, 7) is 3.50. The summed E-state index contributed by atoms with van der Waals surface area (Å²) < 4.78 is 10.2. The summed E-state index contributed by atoms with van der Waals surface area (Å²) in [5, 5.41) is 12.5. The molecular formula is C26H24N2O5S. The minimum atomic E-state index is -0.783. The lowest BCUT2D eigenvalue weighted by molar-refractivity contribution is -0.143. The summed E-state index contributed by atoms with van der Waals surface area (Å²) in [6.07, 6.45) is 0. The zero-order valence-corrected chi connectivity index (χ0v) is 20.1. The number of carbonyl (C=O) groups is 2. The van der Waals surface area contributed by atoms with Crippen molar-refractivity contribution < 1.29 is 24.2 Å². The highest BCUT2D eigenvalue weighted by atomic mass is 32.1. The maximum Gasteiger partial charge on any atom is 0.336 e. The Morgan fingerprint density at radius 1 is 1.03 bits per heavy atom. The Kier molecular flexibility index (Phi) is 6.61. The van der Waals surface area contributed by atoms with E-state index in [9.17, 15) is 14.7 Å². The highest BCUT2D eigenvalue weighted by molar-refractivity contribution is 7.13. The third-order valence-electron chi connectivity index (χ3n) is 5.86. The van der Waals surface area contributed by atoms with Gasteiger partial charge in [-0.25, -0.2) is 9.78 Å². The second-order valence-electron chi connectivity index (χ2n) is 7.90. The second kappa shape index (κ2) is 9.61. The van der Waals surface area contributed by atoms with Gasteiger partial charge in [-0.1, -0.05) is 36.4 Å². The van der Waals surface area contributed by atoms with Gasteiger partial charge in [-0.2, -0.15) is 0 Å². The van der Waals surface area contributed by atoms with Crippen LogP contribution in [-0.4, -0.2) is 42.0 Å². The molecule has 2 aromatic carbocycles. The number of nitrogens with zero attached hydrogens (tertiary/aromatic N) is 2. The number of allylic oxidation sites excluding steroid dienone is 1. The molecule has 34 heavy (non-hydrogen) atoms. The van der Waals surface area contributed by atoms with E-state index in [1.165, 1.54) is 25.6 Å². The molecule has 7 nitrogen and oxygen atoms in total. The average Bonchev–Trinajstić information content (AvgIpc) is 3.33. The Balaban J connectivity index is 1.88. The molecule has 2 heterocycles. The average molecular weight is 477 g/mol. The molecule has 1 aliphatic rings. The SMILES string of the molecule is COC(=O)C1=C(C)N=C(C)C(C(=O)OC)C1c1ccccc1-c1nc(-c2cccc(O)c2)cs1. The third-order valence-corrected chi connectivity index (χ3v) is 6.74. The first-order valence-corrected chi connectivity index (χ1v) is 11.5. The maximum atomic E-state index is 12.9. The van der Waals surface area contributed by atoms with E-state index in [2.05, 4.69) is 4.99 Å². The molecule has 4 rings (SSSR count). The number of aromatic hydroxyl groups is 1. The fourth-order valence-electron chi connectivity index (χ4n) is 4.34. The summed E-state index contributed by atoms with van der Waals surface area (Å²) >= 11 is 1.44. The minimum Gasteiger partial charge on any atom is -0.508 e. The van der Waals surface area contributed by atoms with Gasteiger partial charge in [0.25, 0.3) is 0 Å². The van der Waals surface area contributed by atoms with Gasteiger partial charge in [-0.15, -0.1) is 11.3 Å². The first kappa shape index (κ1) is 23.4. The fraction of sp³-hybridized carbons (Fsp3) is 0.231. The highest BCUT2D eigenvalue weighted by Crippen LogP contribution is 2.44. The zero-order chi connectivity index (χ0) is 24.4. The van der Waals surface area contributed by atoms with Crippen molar-refractivity contribution in [1.82, 2.24) is 4.98 Å². The summed E-state index contributed by atoms with van der Waals surface area (Å²) in [7, 11) is 2.64. The van der Waals surface area contributed by atoms with Crippen molar-refractivity contribution in [1.29, 1.82) is 0 Å². The van der Waals surface area contributed by atoms with Crippen molar-refractivity contribution in [2.45, 2.75) is 19.8 Å². The molecule has 0 spiro atoms. The van der Waals surface area contributed by atoms with Crippen LogP contribution in [0.15, 0.2) is 70.2 Å². The molecule has 0 amide bonds. The van der Waals surface area contributed by atoms with Gasteiger partial charge in [0.15, 0.2) is 0 Å². The number of methoxy groups -OCH3 is 2. The molecule has 1 aromatic heterocycles. The minimum absolute atomic E-state index is 0.161. The van der Waals surface area contributed by atoms with Crippen LogP contribution in [-0.2, 0) is 19.1 Å². The summed E-state index contributed by atoms with van der Waals surface area (Å²) in [5.41, 5.74) is 4.45. The first-order chi connectivity index (χ1) is 16.3. The van der Waals surface area contributed by atoms with E-state index in [0.717, 1.165) is 27.4 Å². The van der Waals surface area contributed by atoms with Crippen LogP contribution in [0.5, 0.6) is 5.75 Å². The number of hydrogen-bond acceptors (Lipinski definition) is 8. The fourth-order valence-corrected chi connectivity index (χ4v) is 5.21. The van der Waals surface area contributed by atoms with Crippen LogP contribution in [0.4, 0.5) is 0 Å². The Morgan fingerprint density at radius 3 is 2.50 bits per heavy atom. The van der Waals surface area contributed by atoms with Crippen LogP contribution in [0.1, 0.15) is 25.3 Å². The van der Waals surface area contributed by atoms with E-state index in [1.54, 1.807) is 32.0 Å². The van der Waals surface area contributed by atoms with Crippen LogP contribution in [0, 0.1) is 5.92 Å². The number of rotatable bonds is 5. The standard InChI is InChI=1S/C26H24N2O5S/c1-14-21(25(30)32-3)23(22(15(2)27-14)26(31)33-4)18-10-5-6-11-19(18)24-28-20(13-34-24)16-8-7-9-17(29)12-16/h5-13,21,23,29H,1-4H3. The highest BCUT2D eigenvalue weighted by Gasteiger charge is 2.43. The lowest BCUT2D eigenvalue weighted by Crippen LogP contribution is -2.36. The van der Waals surface area contributed by atoms with Crippen molar-refractivity contribution in [3.05, 3.63) is 70.7 Å². The van der Waals surface area contributed by atoms with Crippen molar-refractivity contribution >= 4 is 29.0 Å². The van der Waals surface area contributed by atoms with Crippen molar-refractivity contribution in [2.24, 2.45) is 10.9 Å². The molecule has 0 radical (unpaired) electrons. The lowest BCUT2D eigenvalue weighted by Gasteiger charge is -2.32. The van der Waals surface area contributed by atoms with E-state index in [0.29, 0.717) is 17.0 Å². The number of ether oxygens (including phenoxy) is 2. The maximum absolute atomic E-state index is 12.9. The predicted octanol–water partition coefficient (Wildman–Crippen LogP) is 4.98. The Labute approximate surface area is 201 Å². The number of hydrogen-bond donors (Lipinski definition) is 1. The molecule has 2 atom stereocenters. The summed E-state index contributed by atoms with van der Waals surface area (Å²) in [5.74, 6) is -2.29. The lowest BCUT2D eigenvalue weighted by atomic mass is 9.74. The zero-order valence-electron chi connectivity index (χ0n) is 19.2. The predicted molar refractivity (Wildman–Crippen MR) is 131 cm³/mol. The normalized spacial score (nSPS) is 17.8. The van der Waals surface area contributed by atoms with Crippen LogP contribution in [0.25, 0.3) is 21.8 Å². The molecule has 8 heteroatoms. The molecule has 0 saturated carbocycles. The Morgan fingerprint density at radius 2 is 1.79 bits per heavy atom. The molecule has 0 bridgehead atoms. The number of benzene rings is 2. The van der Waals surface area contributed by atoms with Crippen LogP contribution in [0.2, 0.25) is 0 Å². The van der Waals surface area contributed by atoms with Gasteiger partial charge in [0.1, 0.15) is 16.7 Å². The smallest absolute Gasteiger partial charge is 0.336 e. The van der Waals surface area contributed by atoms with Gasteiger partial charge in [0, 0.05) is 33.8 Å². The molecular weight excluding hydrogens is 452 g/mol. The van der Waals surface area contributed by atoms with Gasteiger partial charge in [-0.3, -0.25) is 9.79 Å². The third kappa shape index (κ3) is 4.24. The monoisotopic (exact) mass is 476 g/mol. The van der Waals surface area contributed by atoms with E-state index in [4.69, 9.17) is 14.5 Å². The summed E-state index contributed by atoms with van der Waals surface area (Å²) in [4.78, 5) is 35.0. The molecule has 174 valence electrons. The van der Waals surface area contributed by atoms with Gasteiger partial charge in [0.2, 0.25) is 0 Å². The van der Waals surface area contributed by atoms with Crippen molar-refractivity contribution in [3.8, 4) is 27.6 Å². The number of esters is 2. The summed E-state index contributed by atoms with van der Waals surface area (Å²) in [6, 6.07) is 14.5. The van der Waals surface area contributed by atoms with Crippen molar-refractivity contribution in [3.63, 3.8) is 0 Å². The van der Waals surface area contributed by atoms with Gasteiger partial charge in [0.05, 0.1) is 25.5 Å². The number of phenols is 1. The first-order valence-electron chi connectivity index (χ1n) is 10.6. The molecule has 1 N–H and O–H groups in total. The molecule has 0 aliphatic carbocycles. The van der Waals surface area contributed by atoms with Gasteiger partial charge < -0.3 is 14.6 Å². The topological polar surface area (TPSA) is 98.1 Å². The van der Waals surface area contributed by atoms with Crippen LogP contribution < -0.4 is 0 Å². The van der Waals surface area contributed by atoms with E-state index in [-0.39, 0.29) is 5.75 Å². The molecule has 2 unspecified atom stereocenters. The van der Waals surface area contributed by atoms with Gasteiger partial charge >= 0.3 is 11.9 Å². The van der Waals surface area contributed by atoms with E-state index < -0.39 is 23.8 Å². The number of thiazole rings is 1. The second-order valence-corrected chi connectivity index (χ2v) is 8.76. The molecule has 0 fully saturated rings. The quantitative estimate of drug-likeness (QED) is 0.522. The van der Waals surface area contributed by atoms with E-state index in [1.807, 2.05) is 35.7 Å². The van der Waals surface area contributed by atoms with Gasteiger partial charge in [-0.05, 0) is 31.5 Å². The number of aliphatic imine (C=N–C) groups is 1. The molecule has 3 aromatic rings. The molecule has 0 saturated heterocycles. The number of carbonyl (C=O) groups excluding carboxylic acids is 2. The number of aromatic nitrogens is 1.